The molecule has 0 aliphatic heterocycles. The number of rotatable bonds is 8. The quantitative estimate of drug-likeness (QED) is 0.661. The van der Waals surface area contributed by atoms with Crippen LogP contribution in [0.3, 0.4) is 0 Å². The van der Waals surface area contributed by atoms with Crippen molar-refractivity contribution in [2.24, 2.45) is 0 Å². The molecule has 1 amide bonds. The summed E-state index contributed by atoms with van der Waals surface area (Å²) in [5.41, 5.74) is 0. The van der Waals surface area contributed by atoms with Gasteiger partial charge in [-0.3, -0.25) is 4.79 Å². The lowest BCUT2D eigenvalue weighted by Gasteiger charge is -2.04. The number of nitrogens with one attached hydrogen (secondary N) is 1. The molecule has 90 valence electrons. The summed E-state index contributed by atoms with van der Waals surface area (Å²) >= 11 is 0. The molecule has 1 rings (SSSR count). The van der Waals surface area contributed by atoms with Gasteiger partial charge in [0.2, 0.25) is 5.91 Å². The van der Waals surface area contributed by atoms with Crippen molar-refractivity contribution in [2.75, 3.05) is 33.5 Å². The zero-order valence-electron chi connectivity index (χ0n) is 9.40. The number of carbonyl (C=O) groups is 1. The Kier molecular flexibility index (Phi) is 6.29. The maximum atomic E-state index is 11.2. The van der Waals surface area contributed by atoms with Gasteiger partial charge in [-0.25, -0.2) is 0 Å². The largest absolute Gasteiger partial charge is 0.469 e. The molecular formula is C11H17NO4. The van der Waals surface area contributed by atoms with Gasteiger partial charge in [0.15, 0.2) is 0 Å². The van der Waals surface area contributed by atoms with Crippen LogP contribution in [0.15, 0.2) is 22.8 Å². The molecule has 0 atom stereocenters. The lowest BCUT2D eigenvalue weighted by molar-refractivity contribution is -0.126. The molecule has 0 bridgehead atoms. The summed E-state index contributed by atoms with van der Waals surface area (Å²) in [5.74, 6) is 0.739. The van der Waals surface area contributed by atoms with E-state index in [-0.39, 0.29) is 12.5 Å². The lowest BCUT2D eigenvalue weighted by Crippen LogP contribution is -2.29. The first-order valence-electron chi connectivity index (χ1n) is 5.18. The average molecular weight is 227 g/mol. The SMILES string of the molecule is COCCOCC(=O)NCCc1ccco1. The highest BCUT2D eigenvalue weighted by Gasteiger charge is 2.01. The minimum Gasteiger partial charge on any atom is -0.469 e. The van der Waals surface area contributed by atoms with Crippen molar-refractivity contribution in [3.8, 4) is 0 Å². The van der Waals surface area contributed by atoms with E-state index in [4.69, 9.17) is 13.9 Å². The minimum absolute atomic E-state index is 0.0709. The van der Waals surface area contributed by atoms with E-state index in [1.807, 2.05) is 12.1 Å². The van der Waals surface area contributed by atoms with Crippen LogP contribution >= 0.6 is 0 Å². The van der Waals surface area contributed by atoms with Gasteiger partial charge in [0.05, 0.1) is 19.5 Å². The first-order chi connectivity index (χ1) is 7.83. The lowest BCUT2D eigenvalue weighted by atomic mass is 10.3. The van der Waals surface area contributed by atoms with Gasteiger partial charge in [0, 0.05) is 20.1 Å². The Morgan fingerprint density at radius 2 is 2.38 bits per heavy atom. The Hall–Kier alpha value is -1.33. The van der Waals surface area contributed by atoms with Gasteiger partial charge in [0.25, 0.3) is 0 Å². The van der Waals surface area contributed by atoms with E-state index in [1.54, 1.807) is 13.4 Å². The maximum Gasteiger partial charge on any atom is 0.246 e. The average Bonchev–Trinajstić information content (AvgIpc) is 2.77. The van der Waals surface area contributed by atoms with Crippen molar-refractivity contribution in [1.82, 2.24) is 5.32 Å². The molecule has 0 aliphatic carbocycles. The van der Waals surface area contributed by atoms with Gasteiger partial charge in [-0.05, 0) is 12.1 Å². The second-order valence-corrected chi connectivity index (χ2v) is 3.22. The monoisotopic (exact) mass is 227 g/mol. The molecule has 0 saturated heterocycles. The van der Waals surface area contributed by atoms with Crippen molar-refractivity contribution in [1.29, 1.82) is 0 Å². The molecule has 0 spiro atoms. The topological polar surface area (TPSA) is 60.7 Å². The van der Waals surface area contributed by atoms with Crippen molar-refractivity contribution in [3.05, 3.63) is 24.2 Å². The summed E-state index contributed by atoms with van der Waals surface area (Å²) in [7, 11) is 1.59. The van der Waals surface area contributed by atoms with Gasteiger partial charge in [-0.15, -0.1) is 0 Å². The van der Waals surface area contributed by atoms with Gasteiger partial charge in [0.1, 0.15) is 12.4 Å². The molecule has 16 heavy (non-hydrogen) atoms. The maximum absolute atomic E-state index is 11.2. The third-order valence-corrected chi connectivity index (χ3v) is 1.94. The normalized spacial score (nSPS) is 10.3. The van der Waals surface area contributed by atoms with E-state index in [2.05, 4.69) is 5.32 Å². The van der Waals surface area contributed by atoms with Crippen LogP contribution in [0.5, 0.6) is 0 Å². The first kappa shape index (κ1) is 12.7. The Bertz CT molecular complexity index is 284. The molecule has 1 aromatic rings. The standard InChI is InChI=1S/C11H17NO4/c1-14-7-8-15-9-11(13)12-5-4-10-3-2-6-16-10/h2-3,6H,4-5,7-9H2,1H3,(H,12,13). The van der Waals surface area contributed by atoms with Crippen LogP contribution in [0.25, 0.3) is 0 Å². The predicted octanol–water partition coefficient (Wildman–Crippen LogP) is 0.601. The summed E-state index contributed by atoms with van der Waals surface area (Å²) in [4.78, 5) is 11.2. The van der Waals surface area contributed by atoms with Crippen LogP contribution < -0.4 is 5.32 Å². The highest BCUT2D eigenvalue weighted by Crippen LogP contribution is 1.99. The molecule has 0 aliphatic rings. The van der Waals surface area contributed by atoms with Crippen molar-refractivity contribution in [3.63, 3.8) is 0 Å². The first-order valence-corrected chi connectivity index (χ1v) is 5.18. The summed E-state index contributed by atoms with van der Waals surface area (Å²) in [6.45, 7) is 1.56. The van der Waals surface area contributed by atoms with Gasteiger partial charge in [-0.1, -0.05) is 0 Å². The van der Waals surface area contributed by atoms with E-state index < -0.39 is 0 Å². The van der Waals surface area contributed by atoms with E-state index in [9.17, 15) is 4.79 Å². The Labute approximate surface area is 94.7 Å². The van der Waals surface area contributed by atoms with Crippen LogP contribution in [0.1, 0.15) is 5.76 Å². The van der Waals surface area contributed by atoms with Crippen molar-refractivity contribution >= 4 is 5.91 Å². The second-order valence-electron chi connectivity index (χ2n) is 3.22. The molecule has 5 heteroatoms. The number of hydrogen-bond donors (Lipinski definition) is 1. The highest BCUT2D eigenvalue weighted by molar-refractivity contribution is 5.77. The molecule has 1 heterocycles. The summed E-state index contributed by atoms with van der Waals surface area (Å²) in [6.07, 6.45) is 2.31. The van der Waals surface area contributed by atoms with Crippen LogP contribution in [0.2, 0.25) is 0 Å². The molecule has 0 saturated carbocycles. The fourth-order valence-electron chi connectivity index (χ4n) is 1.14. The van der Waals surface area contributed by atoms with Crippen LogP contribution in [0.4, 0.5) is 0 Å². The number of carbonyl (C=O) groups excluding carboxylic acids is 1. The number of furan rings is 1. The number of amides is 1. The molecule has 0 unspecified atom stereocenters. The fraction of sp³-hybridized carbons (Fsp3) is 0.545. The smallest absolute Gasteiger partial charge is 0.246 e. The Balaban J connectivity index is 1.98. The van der Waals surface area contributed by atoms with Crippen LogP contribution in [-0.4, -0.2) is 39.4 Å². The molecule has 1 N–H and O–H groups in total. The molecular weight excluding hydrogens is 210 g/mol. The zero-order valence-corrected chi connectivity index (χ0v) is 9.40. The van der Waals surface area contributed by atoms with Crippen LogP contribution in [0, 0.1) is 0 Å². The van der Waals surface area contributed by atoms with Gasteiger partial charge in [-0.2, -0.15) is 0 Å². The second kappa shape index (κ2) is 7.90. The van der Waals surface area contributed by atoms with E-state index >= 15 is 0 Å². The van der Waals surface area contributed by atoms with Crippen LogP contribution in [-0.2, 0) is 20.7 Å². The number of methoxy groups -OCH3 is 1. The molecule has 0 aromatic carbocycles. The van der Waals surface area contributed by atoms with Gasteiger partial charge < -0.3 is 19.2 Å². The zero-order chi connectivity index (χ0) is 11.6. The molecule has 0 radical (unpaired) electrons. The van der Waals surface area contributed by atoms with Crippen molar-refractivity contribution in [2.45, 2.75) is 6.42 Å². The summed E-state index contributed by atoms with van der Waals surface area (Å²) in [5, 5.41) is 2.73. The Morgan fingerprint density at radius 3 is 3.06 bits per heavy atom. The third kappa shape index (κ3) is 5.53. The van der Waals surface area contributed by atoms with E-state index in [0.29, 0.717) is 26.2 Å². The number of ether oxygens (including phenoxy) is 2. The molecule has 5 nitrogen and oxygen atoms in total. The van der Waals surface area contributed by atoms with Crippen molar-refractivity contribution < 1.29 is 18.7 Å². The Morgan fingerprint density at radius 1 is 1.50 bits per heavy atom. The number of hydrogen-bond acceptors (Lipinski definition) is 4. The minimum atomic E-state index is -0.123. The fourth-order valence-corrected chi connectivity index (χ4v) is 1.14. The van der Waals surface area contributed by atoms with E-state index in [1.165, 1.54) is 0 Å². The summed E-state index contributed by atoms with van der Waals surface area (Å²) in [6, 6.07) is 3.70. The highest BCUT2D eigenvalue weighted by atomic mass is 16.5. The van der Waals surface area contributed by atoms with E-state index in [0.717, 1.165) is 5.76 Å². The predicted molar refractivity (Wildman–Crippen MR) is 58.1 cm³/mol. The third-order valence-electron chi connectivity index (χ3n) is 1.94. The summed E-state index contributed by atoms with van der Waals surface area (Å²) < 4.78 is 15.0. The van der Waals surface area contributed by atoms with Gasteiger partial charge >= 0.3 is 0 Å². The molecule has 1 aromatic heterocycles. The molecule has 0 fully saturated rings.